The molecule has 0 bridgehead atoms. The lowest BCUT2D eigenvalue weighted by Crippen LogP contribution is -2.42. The Labute approximate surface area is 110 Å². The van der Waals surface area contributed by atoms with Crippen LogP contribution in [-0.4, -0.2) is 51.2 Å². The van der Waals surface area contributed by atoms with Crippen LogP contribution in [0.3, 0.4) is 0 Å². The molecule has 1 saturated heterocycles. The maximum Gasteiger partial charge on any atom is 0.211 e. The summed E-state index contributed by atoms with van der Waals surface area (Å²) in [6.07, 6.45) is 2.28. The molecule has 7 heteroatoms. The lowest BCUT2D eigenvalue weighted by Gasteiger charge is -2.31. The summed E-state index contributed by atoms with van der Waals surface area (Å²) < 4.78 is 24.8. The SMILES string of the molecule is CCS(=O)(=O)NCCN=C(N)N1CCC(C)CC1. The van der Waals surface area contributed by atoms with Crippen molar-refractivity contribution in [1.82, 2.24) is 9.62 Å². The van der Waals surface area contributed by atoms with Gasteiger partial charge in [-0.25, -0.2) is 13.1 Å². The van der Waals surface area contributed by atoms with E-state index in [1.54, 1.807) is 6.92 Å². The number of rotatable bonds is 5. The van der Waals surface area contributed by atoms with E-state index >= 15 is 0 Å². The van der Waals surface area contributed by atoms with Crippen molar-refractivity contribution in [1.29, 1.82) is 0 Å². The minimum atomic E-state index is -3.12. The first kappa shape index (κ1) is 15.2. The van der Waals surface area contributed by atoms with Crippen LogP contribution in [0.25, 0.3) is 0 Å². The Morgan fingerprint density at radius 1 is 1.44 bits per heavy atom. The fourth-order valence-corrected chi connectivity index (χ4v) is 2.42. The van der Waals surface area contributed by atoms with Crippen molar-refractivity contribution >= 4 is 16.0 Å². The lowest BCUT2D eigenvalue weighted by molar-refractivity contribution is 0.277. The van der Waals surface area contributed by atoms with Gasteiger partial charge in [0, 0.05) is 19.6 Å². The Balaban J connectivity index is 2.29. The molecule has 0 aromatic heterocycles. The Morgan fingerprint density at radius 3 is 2.61 bits per heavy atom. The molecule has 1 rings (SSSR count). The van der Waals surface area contributed by atoms with Gasteiger partial charge in [-0.1, -0.05) is 6.92 Å². The second kappa shape index (κ2) is 6.94. The highest BCUT2D eigenvalue weighted by molar-refractivity contribution is 7.89. The molecule has 0 unspecified atom stereocenters. The minimum absolute atomic E-state index is 0.0935. The minimum Gasteiger partial charge on any atom is -0.370 e. The molecular formula is C11H24N4O2S. The molecule has 0 aromatic carbocycles. The molecule has 106 valence electrons. The zero-order chi connectivity index (χ0) is 13.6. The molecule has 0 spiro atoms. The van der Waals surface area contributed by atoms with E-state index in [9.17, 15) is 8.42 Å². The van der Waals surface area contributed by atoms with E-state index in [2.05, 4.69) is 21.5 Å². The number of sulfonamides is 1. The van der Waals surface area contributed by atoms with E-state index in [0.29, 0.717) is 19.0 Å². The highest BCUT2D eigenvalue weighted by Crippen LogP contribution is 2.15. The number of nitrogens with one attached hydrogen (secondary N) is 1. The van der Waals surface area contributed by atoms with Crippen molar-refractivity contribution in [2.75, 3.05) is 31.9 Å². The number of aliphatic imine (C=N–C) groups is 1. The van der Waals surface area contributed by atoms with Gasteiger partial charge in [0.25, 0.3) is 0 Å². The molecular weight excluding hydrogens is 252 g/mol. The van der Waals surface area contributed by atoms with E-state index in [1.807, 2.05) is 0 Å². The Hall–Kier alpha value is -0.820. The highest BCUT2D eigenvalue weighted by atomic mass is 32.2. The van der Waals surface area contributed by atoms with Crippen LogP contribution in [0.4, 0.5) is 0 Å². The van der Waals surface area contributed by atoms with Crippen LogP contribution in [0.2, 0.25) is 0 Å². The van der Waals surface area contributed by atoms with Gasteiger partial charge in [-0.15, -0.1) is 0 Å². The Kier molecular flexibility index (Phi) is 5.87. The van der Waals surface area contributed by atoms with Crippen molar-refractivity contribution in [3.8, 4) is 0 Å². The predicted octanol–water partition coefficient (Wildman–Crippen LogP) is -0.0277. The molecule has 0 aliphatic carbocycles. The first-order chi connectivity index (χ1) is 8.44. The van der Waals surface area contributed by atoms with Crippen LogP contribution in [0.1, 0.15) is 26.7 Å². The number of guanidine groups is 1. The predicted molar refractivity (Wildman–Crippen MR) is 73.9 cm³/mol. The first-order valence-electron chi connectivity index (χ1n) is 6.47. The maximum absolute atomic E-state index is 11.2. The molecule has 6 nitrogen and oxygen atoms in total. The van der Waals surface area contributed by atoms with Crippen molar-refractivity contribution in [2.24, 2.45) is 16.6 Å². The lowest BCUT2D eigenvalue weighted by atomic mass is 10.00. The summed E-state index contributed by atoms with van der Waals surface area (Å²) in [4.78, 5) is 6.27. The monoisotopic (exact) mass is 276 g/mol. The van der Waals surface area contributed by atoms with Crippen LogP contribution in [0.5, 0.6) is 0 Å². The Bertz CT molecular complexity index is 373. The fourth-order valence-electron chi connectivity index (χ4n) is 1.81. The molecule has 18 heavy (non-hydrogen) atoms. The topological polar surface area (TPSA) is 87.8 Å². The van der Waals surface area contributed by atoms with Crippen LogP contribution in [-0.2, 0) is 10.0 Å². The van der Waals surface area contributed by atoms with Gasteiger partial charge in [-0.2, -0.15) is 0 Å². The van der Waals surface area contributed by atoms with Gasteiger partial charge in [0.2, 0.25) is 10.0 Å². The van der Waals surface area contributed by atoms with E-state index in [-0.39, 0.29) is 5.75 Å². The smallest absolute Gasteiger partial charge is 0.211 e. The Morgan fingerprint density at radius 2 is 2.06 bits per heavy atom. The number of likely N-dealkylation sites (tertiary alicyclic amines) is 1. The summed E-state index contributed by atoms with van der Waals surface area (Å²) in [5.41, 5.74) is 5.87. The standard InChI is InChI=1S/C11H24N4O2S/c1-3-18(16,17)14-7-6-13-11(12)15-8-4-10(2)5-9-15/h10,14H,3-9H2,1-2H3,(H2,12,13). The second-order valence-electron chi connectivity index (χ2n) is 4.71. The van der Waals surface area contributed by atoms with Crippen LogP contribution >= 0.6 is 0 Å². The third-order valence-corrected chi connectivity index (χ3v) is 4.60. The van der Waals surface area contributed by atoms with Crippen LogP contribution < -0.4 is 10.5 Å². The van der Waals surface area contributed by atoms with Gasteiger partial charge >= 0.3 is 0 Å². The van der Waals surface area contributed by atoms with Gasteiger partial charge < -0.3 is 10.6 Å². The highest BCUT2D eigenvalue weighted by Gasteiger charge is 2.16. The fraction of sp³-hybridized carbons (Fsp3) is 0.909. The largest absolute Gasteiger partial charge is 0.370 e. The number of nitrogens with two attached hydrogens (primary N) is 1. The third kappa shape index (κ3) is 5.22. The van der Waals surface area contributed by atoms with Crippen molar-refractivity contribution < 1.29 is 8.42 Å². The molecule has 0 radical (unpaired) electrons. The van der Waals surface area contributed by atoms with Gasteiger partial charge in [0.05, 0.1) is 12.3 Å². The molecule has 0 amide bonds. The molecule has 1 aliphatic rings. The first-order valence-corrected chi connectivity index (χ1v) is 8.12. The molecule has 1 aliphatic heterocycles. The van der Waals surface area contributed by atoms with Crippen molar-refractivity contribution in [3.63, 3.8) is 0 Å². The normalized spacial score (nSPS) is 19.2. The average Bonchev–Trinajstić information content (AvgIpc) is 2.35. The summed E-state index contributed by atoms with van der Waals surface area (Å²) in [5, 5.41) is 0. The van der Waals surface area contributed by atoms with Crippen LogP contribution in [0.15, 0.2) is 4.99 Å². The third-order valence-electron chi connectivity index (χ3n) is 3.20. The van der Waals surface area contributed by atoms with E-state index in [4.69, 9.17) is 5.73 Å². The van der Waals surface area contributed by atoms with Gasteiger partial charge in [-0.05, 0) is 25.7 Å². The summed E-state index contributed by atoms with van der Waals surface area (Å²) in [5.74, 6) is 1.37. The number of hydrogen-bond acceptors (Lipinski definition) is 3. The number of piperidine rings is 1. The molecule has 1 heterocycles. The number of hydrogen-bond donors (Lipinski definition) is 2. The molecule has 0 atom stereocenters. The zero-order valence-corrected chi connectivity index (χ0v) is 12.0. The molecule has 0 aromatic rings. The van der Waals surface area contributed by atoms with E-state index < -0.39 is 10.0 Å². The van der Waals surface area contributed by atoms with Crippen molar-refractivity contribution in [2.45, 2.75) is 26.7 Å². The van der Waals surface area contributed by atoms with Crippen LogP contribution in [0, 0.1) is 5.92 Å². The van der Waals surface area contributed by atoms with Gasteiger partial charge in [0.15, 0.2) is 5.96 Å². The van der Waals surface area contributed by atoms with E-state index in [1.165, 1.54) is 0 Å². The molecule has 3 N–H and O–H groups in total. The summed E-state index contributed by atoms with van der Waals surface area (Å²) >= 11 is 0. The molecule has 0 saturated carbocycles. The van der Waals surface area contributed by atoms with Gasteiger partial charge in [0.1, 0.15) is 0 Å². The average molecular weight is 276 g/mol. The maximum atomic E-state index is 11.2. The summed E-state index contributed by atoms with van der Waals surface area (Å²) in [6.45, 7) is 6.42. The van der Waals surface area contributed by atoms with Crippen molar-refractivity contribution in [3.05, 3.63) is 0 Å². The quantitative estimate of drug-likeness (QED) is 0.419. The molecule has 1 fully saturated rings. The summed E-state index contributed by atoms with van der Waals surface area (Å²) in [7, 11) is -3.12. The number of nitrogens with zero attached hydrogens (tertiary/aromatic N) is 2. The van der Waals surface area contributed by atoms with E-state index in [0.717, 1.165) is 31.8 Å². The second-order valence-corrected chi connectivity index (χ2v) is 6.80. The van der Waals surface area contributed by atoms with Gasteiger partial charge in [-0.3, -0.25) is 4.99 Å². The summed E-state index contributed by atoms with van der Waals surface area (Å²) in [6, 6.07) is 0. The zero-order valence-electron chi connectivity index (χ0n) is 11.2.